The summed E-state index contributed by atoms with van der Waals surface area (Å²) in [5.41, 5.74) is 1.11. The molecule has 1 heterocycles. The van der Waals surface area contributed by atoms with Crippen LogP contribution in [0.1, 0.15) is 28.8 Å². The highest BCUT2D eigenvalue weighted by Crippen LogP contribution is 2.20. The Labute approximate surface area is 158 Å². The minimum Gasteiger partial charge on any atom is -0.348 e. The molecule has 0 bridgehead atoms. The number of hydrogen-bond donors (Lipinski definition) is 3. The van der Waals surface area contributed by atoms with Crippen molar-refractivity contribution in [1.29, 1.82) is 0 Å². The van der Waals surface area contributed by atoms with Gasteiger partial charge in [0.2, 0.25) is 0 Å². The van der Waals surface area contributed by atoms with E-state index in [-0.39, 0.29) is 16.8 Å². The first-order valence-corrected chi connectivity index (χ1v) is 10.2. The van der Waals surface area contributed by atoms with Crippen LogP contribution in [0.25, 0.3) is 0 Å². The molecule has 3 N–H and O–H groups in total. The van der Waals surface area contributed by atoms with E-state index in [0.29, 0.717) is 16.8 Å². The number of carbonyl (C=O) groups is 1. The highest BCUT2D eigenvalue weighted by Gasteiger charge is 2.19. The predicted molar refractivity (Wildman–Crippen MR) is 102 cm³/mol. The van der Waals surface area contributed by atoms with Gasteiger partial charge in [-0.1, -0.05) is 0 Å². The molecule has 6 nitrogen and oxygen atoms in total. The Kier molecular flexibility index (Phi) is 5.76. The average Bonchev–Trinajstić information content (AvgIpc) is 2.62. The van der Waals surface area contributed by atoms with E-state index in [9.17, 15) is 17.6 Å². The maximum absolute atomic E-state index is 13.2. The molecule has 144 valence electrons. The molecular weight excluding hydrogens is 369 g/mol. The SMILES string of the molecule is Cc1cc(F)ccc1S(=O)(=O)Nc1ccc(C(=O)N[C@H]2CCCNC2)cc1. The van der Waals surface area contributed by atoms with Gasteiger partial charge in [0.25, 0.3) is 15.9 Å². The van der Waals surface area contributed by atoms with E-state index in [1.165, 1.54) is 31.2 Å². The summed E-state index contributed by atoms with van der Waals surface area (Å²) in [4.78, 5) is 12.3. The van der Waals surface area contributed by atoms with Crippen molar-refractivity contribution in [3.05, 3.63) is 59.4 Å². The fourth-order valence-corrected chi connectivity index (χ4v) is 4.34. The van der Waals surface area contributed by atoms with Crippen LogP contribution in [0.15, 0.2) is 47.4 Å². The number of sulfonamides is 1. The van der Waals surface area contributed by atoms with E-state index in [0.717, 1.165) is 32.0 Å². The normalized spacial score (nSPS) is 17.3. The van der Waals surface area contributed by atoms with Crippen molar-refractivity contribution in [3.8, 4) is 0 Å². The third kappa shape index (κ3) is 4.84. The number of amides is 1. The number of carbonyl (C=O) groups excluding carboxylic acids is 1. The lowest BCUT2D eigenvalue weighted by molar-refractivity contribution is 0.0930. The second-order valence-electron chi connectivity index (χ2n) is 6.61. The van der Waals surface area contributed by atoms with Crippen LogP contribution in [-0.4, -0.2) is 33.5 Å². The summed E-state index contributed by atoms with van der Waals surface area (Å²) in [5, 5.41) is 6.20. The standard InChI is InChI=1S/C19H22FN3O3S/c1-13-11-15(20)6-9-18(13)27(25,26)23-16-7-4-14(5-8-16)19(24)22-17-3-2-10-21-12-17/h4-9,11,17,21,23H,2-3,10,12H2,1H3,(H,22,24)/t17-/m0/s1. The van der Waals surface area contributed by atoms with Gasteiger partial charge < -0.3 is 10.6 Å². The molecule has 0 saturated carbocycles. The molecule has 2 aromatic carbocycles. The molecule has 3 rings (SSSR count). The van der Waals surface area contributed by atoms with Gasteiger partial charge in [-0.15, -0.1) is 0 Å². The van der Waals surface area contributed by atoms with Crippen LogP contribution >= 0.6 is 0 Å². The number of aryl methyl sites for hydroxylation is 1. The summed E-state index contributed by atoms with van der Waals surface area (Å²) in [6, 6.07) is 9.81. The zero-order valence-corrected chi connectivity index (χ0v) is 15.8. The van der Waals surface area contributed by atoms with Crippen LogP contribution in [0.2, 0.25) is 0 Å². The fourth-order valence-electron chi connectivity index (χ4n) is 3.06. The Morgan fingerprint density at radius 2 is 1.93 bits per heavy atom. The first-order valence-electron chi connectivity index (χ1n) is 8.76. The molecular formula is C19H22FN3O3S. The quantitative estimate of drug-likeness (QED) is 0.731. The molecule has 1 aliphatic rings. The number of hydrogen-bond acceptors (Lipinski definition) is 4. The van der Waals surface area contributed by atoms with Crippen LogP contribution in [0.4, 0.5) is 10.1 Å². The van der Waals surface area contributed by atoms with E-state index < -0.39 is 15.8 Å². The largest absolute Gasteiger partial charge is 0.348 e. The minimum atomic E-state index is -3.84. The summed E-state index contributed by atoms with van der Waals surface area (Å²) in [6.45, 7) is 3.25. The molecule has 0 spiro atoms. The van der Waals surface area contributed by atoms with E-state index in [4.69, 9.17) is 0 Å². The molecule has 1 saturated heterocycles. The molecule has 2 aromatic rings. The Morgan fingerprint density at radius 1 is 1.19 bits per heavy atom. The molecule has 0 unspecified atom stereocenters. The number of halogens is 1. The Morgan fingerprint density at radius 3 is 2.56 bits per heavy atom. The molecule has 0 aliphatic carbocycles. The first kappa shape index (κ1) is 19.3. The lowest BCUT2D eigenvalue weighted by Gasteiger charge is -2.23. The smallest absolute Gasteiger partial charge is 0.262 e. The first-order chi connectivity index (χ1) is 12.8. The summed E-state index contributed by atoms with van der Waals surface area (Å²) >= 11 is 0. The average molecular weight is 391 g/mol. The van der Waals surface area contributed by atoms with Gasteiger partial charge in [0, 0.05) is 23.8 Å². The summed E-state index contributed by atoms with van der Waals surface area (Å²) in [6.07, 6.45) is 1.96. The van der Waals surface area contributed by atoms with Gasteiger partial charge in [0.05, 0.1) is 4.90 Å². The number of anilines is 1. The van der Waals surface area contributed by atoms with E-state index in [2.05, 4.69) is 15.4 Å². The third-order valence-corrected chi connectivity index (χ3v) is 6.00. The molecule has 0 radical (unpaired) electrons. The van der Waals surface area contributed by atoms with Crippen LogP contribution in [0.5, 0.6) is 0 Å². The summed E-state index contributed by atoms with van der Waals surface area (Å²) in [5.74, 6) is -0.678. The summed E-state index contributed by atoms with van der Waals surface area (Å²) < 4.78 is 40.6. The van der Waals surface area contributed by atoms with Crippen LogP contribution < -0.4 is 15.4 Å². The Bertz CT molecular complexity index is 924. The Balaban J connectivity index is 1.68. The highest BCUT2D eigenvalue weighted by molar-refractivity contribution is 7.92. The van der Waals surface area contributed by atoms with Gasteiger partial charge in [-0.3, -0.25) is 9.52 Å². The predicted octanol–water partition coefficient (Wildman–Crippen LogP) is 2.42. The second kappa shape index (κ2) is 8.06. The van der Waals surface area contributed by atoms with Crippen molar-refractivity contribution in [2.24, 2.45) is 0 Å². The van der Waals surface area contributed by atoms with Gasteiger partial charge in [-0.25, -0.2) is 12.8 Å². The topological polar surface area (TPSA) is 87.3 Å². The second-order valence-corrected chi connectivity index (χ2v) is 8.26. The van der Waals surface area contributed by atoms with Crippen LogP contribution in [-0.2, 0) is 10.0 Å². The molecule has 1 amide bonds. The van der Waals surface area contributed by atoms with E-state index in [1.807, 2.05) is 0 Å². The maximum Gasteiger partial charge on any atom is 0.262 e. The van der Waals surface area contributed by atoms with Gasteiger partial charge in [0.1, 0.15) is 5.82 Å². The Hall–Kier alpha value is -2.45. The van der Waals surface area contributed by atoms with Crippen molar-refractivity contribution in [2.75, 3.05) is 17.8 Å². The highest BCUT2D eigenvalue weighted by atomic mass is 32.2. The van der Waals surface area contributed by atoms with Gasteiger partial charge in [0.15, 0.2) is 0 Å². The molecule has 27 heavy (non-hydrogen) atoms. The molecule has 1 fully saturated rings. The molecule has 0 aromatic heterocycles. The lowest BCUT2D eigenvalue weighted by atomic mass is 10.1. The third-order valence-electron chi connectivity index (χ3n) is 4.46. The number of piperidine rings is 1. The van der Waals surface area contributed by atoms with Gasteiger partial charge in [-0.2, -0.15) is 0 Å². The zero-order valence-electron chi connectivity index (χ0n) is 15.0. The summed E-state index contributed by atoms with van der Waals surface area (Å²) in [7, 11) is -3.84. The van der Waals surface area contributed by atoms with Crippen molar-refractivity contribution in [1.82, 2.24) is 10.6 Å². The van der Waals surface area contributed by atoms with Gasteiger partial charge in [-0.05, 0) is 74.3 Å². The number of rotatable bonds is 5. The number of nitrogens with one attached hydrogen (secondary N) is 3. The van der Waals surface area contributed by atoms with E-state index >= 15 is 0 Å². The molecule has 1 aliphatic heterocycles. The van der Waals surface area contributed by atoms with Gasteiger partial charge >= 0.3 is 0 Å². The van der Waals surface area contributed by atoms with Crippen LogP contribution in [0.3, 0.4) is 0 Å². The monoisotopic (exact) mass is 391 g/mol. The molecule has 1 atom stereocenters. The maximum atomic E-state index is 13.2. The van der Waals surface area contributed by atoms with E-state index in [1.54, 1.807) is 12.1 Å². The fraction of sp³-hybridized carbons (Fsp3) is 0.316. The molecule has 8 heteroatoms. The number of benzene rings is 2. The van der Waals surface area contributed by atoms with Crippen molar-refractivity contribution >= 4 is 21.6 Å². The minimum absolute atomic E-state index is 0.00974. The van der Waals surface area contributed by atoms with Crippen LogP contribution in [0, 0.1) is 12.7 Å². The lowest BCUT2D eigenvalue weighted by Crippen LogP contribution is -2.45. The van der Waals surface area contributed by atoms with Crippen molar-refractivity contribution < 1.29 is 17.6 Å². The zero-order chi connectivity index (χ0) is 19.4. The van der Waals surface area contributed by atoms with Crippen molar-refractivity contribution in [2.45, 2.75) is 30.7 Å². The van der Waals surface area contributed by atoms with Crippen molar-refractivity contribution in [3.63, 3.8) is 0 Å².